The second-order valence-electron chi connectivity index (χ2n) is 11.4. The lowest BCUT2D eigenvalue weighted by Crippen LogP contribution is -3.10. The van der Waals surface area contributed by atoms with Crippen LogP contribution in [0.25, 0.3) is 5.57 Å². The minimum absolute atomic E-state index is 0.0859. The molecule has 0 saturated carbocycles. The number of methoxy groups -OCH3 is 1. The number of esters is 1. The Morgan fingerprint density at radius 3 is 2.85 bits per heavy atom. The van der Waals surface area contributed by atoms with E-state index in [1.54, 1.807) is 30.8 Å². The summed E-state index contributed by atoms with van der Waals surface area (Å²) in [6.45, 7) is 3.20. The number of aromatic nitrogens is 2. The number of rotatable bonds is 11. The van der Waals surface area contributed by atoms with Gasteiger partial charge >= 0.3 is 11.9 Å². The van der Waals surface area contributed by atoms with Crippen LogP contribution in [-0.2, 0) is 29.1 Å². The molecule has 1 aromatic carbocycles. The van der Waals surface area contributed by atoms with Gasteiger partial charge in [-0.25, -0.2) is 19.7 Å². The van der Waals surface area contributed by atoms with Crippen LogP contribution in [-0.4, -0.2) is 92.9 Å². The zero-order valence-corrected chi connectivity index (χ0v) is 26.1. The molecule has 2 aromatic rings. The van der Waals surface area contributed by atoms with Gasteiger partial charge < -0.3 is 39.4 Å². The van der Waals surface area contributed by atoms with Crippen molar-refractivity contribution < 1.29 is 49.1 Å². The molecule has 47 heavy (non-hydrogen) atoms. The minimum atomic E-state index is -1.30. The van der Waals surface area contributed by atoms with Gasteiger partial charge in [0.15, 0.2) is 12.4 Å². The Kier molecular flexibility index (Phi) is 8.67. The van der Waals surface area contributed by atoms with Crippen molar-refractivity contribution in [2.24, 2.45) is 15.0 Å². The Morgan fingerprint density at radius 1 is 1.32 bits per heavy atom. The summed E-state index contributed by atoms with van der Waals surface area (Å²) < 4.78 is 25.3. The third-order valence-electron chi connectivity index (χ3n) is 8.39. The Balaban J connectivity index is 1.41. The number of quaternary nitrogens is 1. The van der Waals surface area contributed by atoms with Crippen molar-refractivity contribution in [3.8, 4) is 17.2 Å². The molecule has 5 heterocycles. The molecule has 1 aromatic heterocycles. The molecule has 5 N–H and O–H groups in total. The van der Waals surface area contributed by atoms with Crippen molar-refractivity contribution in [2.75, 3.05) is 27.0 Å². The minimum Gasteiger partial charge on any atom is -0.857 e. The molecule has 16 heteroatoms. The molecule has 4 aliphatic heterocycles. The van der Waals surface area contributed by atoms with Gasteiger partial charge in [0.25, 0.3) is 5.84 Å². The number of hydrogen-bond donors (Lipinski definition) is 5. The number of imidazole rings is 1. The van der Waals surface area contributed by atoms with Crippen LogP contribution >= 0.6 is 0 Å². The number of carbonyl (C=O) groups excluding carboxylic acids is 1. The van der Waals surface area contributed by atoms with Crippen LogP contribution in [0.2, 0.25) is 0 Å². The van der Waals surface area contributed by atoms with Crippen LogP contribution in [0, 0.1) is 5.41 Å². The first-order valence-electron chi connectivity index (χ1n) is 15.1. The number of nitrogens with zero attached hydrogens (tertiary/aromatic N) is 5. The molecule has 0 bridgehead atoms. The van der Waals surface area contributed by atoms with Crippen molar-refractivity contribution >= 4 is 40.9 Å². The van der Waals surface area contributed by atoms with E-state index in [-0.39, 0.29) is 67.9 Å². The van der Waals surface area contributed by atoms with Gasteiger partial charge in [0.05, 0.1) is 43.2 Å². The van der Waals surface area contributed by atoms with E-state index in [4.69, 9.17) is 24.4 Å². The number of benzene rings is 1. The van der Waals surface area contributed by atoms with Crippen LogP contribution in [0.5, 0.6) is 17.2 Å². The average Bonchev–Trinajstić information content (AvgIpc) is 3.80. The number of fused-ring (bicyclic) bond motifs is 3. The van der Waals surface area contributed by atoms with E-state index in [1.807, 2.05) is 6.08 Å². The van der Waals surface area contributed by atoms with Crippen LogP contribution in [0.15, 0.2) is 45.3 Å². The molecule has 3 unspecified atom stereocenters. The standard InChI is InChI=1S/C31H35N7O9/c1-4-45-28(42)19-12-16(6-9-37-10-8-33-30(37)38-15-34-22-26(38)35-29(32)36-27(22)41)21-24(44-3)17-13-20(31(2,43)7-5-11-39)47-23(17)18(14-40)25(21)46-19/h6,8,10,12,20,39-40,43H,4-5,7,9,11,13-15H2,1-3H3,(H2,32,36,41). The van der Waals surface area contributed by atoms with Gasteiger partial charge in [-0.2, -0.15) is 9.98 Å². The summed E-state index contributed by atoms with van der Waals surface area (Å²) in [5.74, 6) is -0.241. The third-order valence-corrected chi connectivity index (χ3v) is 8.39. The molecule has 4 aliphatic rings. The van der Waals surface area contributed by atoms with Crippen LogP contribution in [0.4, 0.5) is 5.95 Å². The molecular weight excluding hydrogens is 614 g/mol. The first kappa shape index (κ1) is 32.1. The summed E-state index contributed by atoms with van der Waals surface area (Å²) in [4.78, 5) is 30.0. The van der Waals surface area contributed by atoms with Gasteiger partial charge in [-0.05, 0) is 38.3 Å². The van der Waals surface area contributed by atoms with Crippen molar-refractivity contribution in [1.29, 1.82) is 5.41 Å². The molecule has 3 atom stereocenters. The molecule has 0 radical (unpaired) electrons. The maximum Gasteiger partial charge on any atom is 0.374 e. The Morgan fingerprint density at radius 2 is 2.13 bits per heavy atom. The van der Waals surface area contributed by atoms with Crippen LogP contribution in [0.1, 0.15) is 43.4 Å². The maximum atomic E-state index is 13.0. The quantitative estimate of drug-likeness (QED) is 0.190. The molecule has 6 rings (SSSR count). The molecular formula is C31H35N7O9. The predicted octanol–water partition coefficient (Wildman–Crippen LogP) is -0.832. The maximum absolute atomic E-state index is 13.0. The first-order chi connectivity index (χ1) is 22.6. The fourth-order valence-electron chi connectivity index (χ4n) is 6.12. The van der Waals surface area contributed by atoms with Crippen molar-refractivity contribution in [1.82, 2.24) is 9.55 Å². The number of guanidine groups is 1. The lowest BCUT2D eigenvalue weighted by Gasteiger charge is -2.29. The lowest BCUT2D eigenvalue weighted by atomic mass is 9.88. The molecule has 248 valence electrons. The molecule has 16 nitrogen and oxygen atoms in total. The normalized spacial score (nSPS) is 21.7. The zero-order valence-electron chi connectivity index (χ0n) is 26.1. The third kappa shape index (κ3) is 5.69. The summed E-state index contributed by atoms with van der Waals surface area (Å²) in [6, 6.07) is 0. The van der Waals surface area contributed by atoms with E-state index < -0.39 is 36.1 Å². The van der Waals surface area contributed by atoms with Gasteiger partial charge in [0, 0.05) is 37.2 Å². The fourth-order valence-corrected chi connectivity index (χ4v) is 6.12. The zero-order chi connectivity index (χ0) is 33.5. The molecule has 0 fully saturated rings. The number of aliphatic imine (C=N–C) groups is 3. The van der Waals surface area contributed by atoms with Crippen molar-refractivity contribution in [2.45, 2.75) is 58.0 Å². The monoisotopic (exact) mass is 649 g/mol. The van der Waals surface area contributed by atoms with Crippen molar-refractivity contribution in [3.63, 3.8) is 0 Å². The van der Waals surface area contributed by atoms with E-state index in [1.165, 1.54) is 13.2 Å². The van der Waals surface area contributed by atoms with Gasteiger partial charge in [0.1, 0.15) is 23.4 Å². The molecule has 0 spiro atoms. The summed E-state index contributed by atoms with van der Waals surface area (Å²) in [5, 5.41) is 51.3. The van der Waals surface area contributed by atoms with E-state index >= 15 is 0 Å². The van der Waals surface area contributed by atoms with Crippen molar-refractivity contribution in [3.05, 3.63) is 47.0 Å². The van der Waals surface area contributed by atoms with E-state index in [0.717, 1.165) is 0 Å². The number of aliphatic hydroxyl groups is 3. The predicted molar refractivity (Wildman–Crippen MR) is 165 cm³/mol. The second-order valence-corrected chi connectivity index (χ2v) is 11.4. The highest BCUT2D eigenvalue weighted by molar-refractivity contribution is 6.66. The largest absolute Gasteiger partial charge is 0.857 e. The second kappa shape index (κ2) is 12.7. The van der Waals surface area contributed by atoms with Gasteiger partial charge in [-0.15, -0.1) is 0 Å². The number of ether oxygens (including phenoxy) is 4. The number of hydrogen-bond acceptors (Lipinski definition) is 12. The number of allylic oxidation sites excluding steroid dienone is 3. The number of amidine groups is 1. The fraction of sp³-hybridized carbons (Fsp3) is 0.419. The van der Waals surface area contributed by atoms with E-state index in [2.05, 4.69) is 20.0 Å². The smallest absolute Gasteiger partial charge is 0.374 e. The van der Waals surface area contributed by atoms with Gasteiger partial charge in [-0.3, -0.25) is 9.98 Å². The van der Waals surface area contributed by atoms with Crippen LogP contribution < -0.4 is 24.2 Å². The van der Waals surface area contributed by atoms with Gasteiger partial charge in [0.2, 0.25) is 11.7 Å². The Labute approximate surface area is 269 Å². The topological polar surface area (TPSA) is 221 Å². The highest BCUT2D eigenvalue weighted by Crippen LogP contribution is 2.53. The number of carbonyl (C=O) groups is 1. The summed E-state index contributed by atoms with van der Waals surface area (Å²) in [7, 11) is 1.49. The molecule has 0 aliphatic carbocycles. The SMILES string of the molecule is CCOC(=O)C1=CC(=CCn2ccnc2[NH+]2CN=C3C([O-])=NC(=N)N=C32)c2c(OC)c3c(c(CO)c2O1)OC(C(C)(O)CCCO)C3. The molecule has 0 amide bonds. The van der Waals surface area contributed by atoms with E-state index in [9.17, 15) is 25.2 Å². The Bertz CT molecular complexity index is 1790. The number of aliphatic hydroxyl groups excluding tert-OH is 2. The lowest BCUT2D eigenvalue weighted by molar-refractivity contribution is -0.730. The van der Waals surface area contributed by atoms with Crippen LogP contribution in [0.3, 0.4) is 0 Å². The summed E-state index contributed by atoms with van der Waals surface area (Å²) >= 11 is 0. The van der Waals surface area contributed by atoms with Gasteiger partial charge in [-0.1, -0.05) is 6.08 Å². The van der Waals surface area contributed by atoms with E-state index in [0.29, 0.717) is 45.5 Å². The average molecular weight is 650 g/mol. The first-order valence-corrected chi connectivity index (χ1v) is 15.1. The Hall–Kier alpha value is -4.90. The molecule has 0 saturated heterocycles. The highest BCUT2D eigenvalue weighted by atomic mass is 16.6. The summed E-state index contributed by atoms with van der Waals surface area (Å²) in [5.41, 5.74) is 0.690. The summed E-state index contributed by atoms with van der Waals surface area (Å²) in [6.07, 6.45) is 6.90. The number of nitrogens with one attached hydrogen (secondary N) is 2. The highest BCUT2D eigenvalue weighted by Gasteiger charge is 2.44.